The fourth-order valence-electron chi connectivity index (χ4n) is 4.43. The summed E-state index contributed by atoms with van der Waals surface area (Å²) >= 11 is -1.07. The summed E-state index contributed by atoms with van der Waals surface area (Å²) in [6, 6.07) is 15.4. The second kappa shape index (κ2) is 12.2. The second-order valence-corrected chi connectivity index (χ2v) is 10.2. The maximum absolute atomic E-state index is 14.2. The largest absolute Gasteiger partial charge is 0.612 e. The van der Waals surface area contributed by atoms with Crippen LogP contribution in [0.25, 0.3) is 17.2 Å². The lowest BCUT2D eigenvalue weighted by Crippen LogP contribution is -2.17. The number of amides is 1. The molecule has 3 aromatic carbocycles. The van der Waals surface area contributed by atoms with Gasteiger partial charge in [-0.1, -0.05) is 6.07 Å². The molecule has 0 heterocycles. The van der Waals surface area contributed by atoms with Crippen LogP contribution in [0.15, 0.2) is 70.2 Å². The number of hydrogen-bond donors (Lipinski definition) is 1. The zero-order valence-electron chi connectivity index (χ0n) is 22.3. The van der Waals surface area contributed by atoms with Crippen LogP contribution in [0, 0.1) is 5.82 Å². The van der Waals surface area contributed by atoms with E-state index in [1.807, 2.05) is 37.3 Å². The zero-order chi connectivity index (χ0) is 28.1. The maximum atomic E-state index is 14.2. The van der Waals surface area contributed by atoms with Gasteiger partial charge in [-0.25, -0.2) is 9.82 Å². The number of nitrogens with one attached hydrogen (secondary N) is 1. The van der Waals surface area contributed by atoms with Gasteiger partial charge < -0.3 is 18.8 Å². The van der Waals surface area contributed by atoms with E-state index in [-0.39, 0.29) is 18.1 Å². The minimum Gasteiger partial charge on any atom is -0.612 e. The molecular formula is C30H29FN2O5S. The molecule has 1 aliphatic carbocycles. The van der Waals surface area contributed by atoms with Gasteiger partial charge in [0.05, 0.1) is 39.5 Å². The summed E-state index contributed by atoms with van der Waals surface area (Å²) in [5.41, 5.74) is 7.99. The molecule has 1 N–H and O–H groups in total. The highest BCUT2D eigenvalue weighted by Crippen LogP contribution is 2.44. The molecule has 0 radical (unpaired) electrons. The number of hydrazone groups is 1. The molecule has 0 aromatic heterocycles. The molecule has 202 valence electrons. The van der Waals surface area contributed by atoms with Crippen LogP contribution in [-0.2, 0) is 16.0 Å². The Morgan fingerprint density at radius 3 is 2.26 bits per heavy atom. The number of halogens is 1. The van der Waals surface area contributed by atoms with E-state index < -0.39 is 11.2 Å². The lowest BCUT2D eigenvalue weighted by molar-refractivity contribution is -0.120. The van der Waals surface area contributed by atoms with Crippen LogP contribution in [0.2, 0.25) is 0 Å². The summed E-state index contributed by atoms with van der Waals surface area (Å²) in [5, 5.41) is 4.10. The molecule has 1 unspecified atom stereocenters. The van der Waals surface area contributed by atoms with Gasteiger partial charge in [-0.2, -0.15) is 5.10 Å². The predicted octanol–water partition coefficient (Wildman–Crippen LogP) is 5.46. The highest BCUT2D eigenvalue weighted by atomic mass is 32.2. The molecule has 4 rings (SSSR count). The first kappa shape index (κ1) is 27.9. The number of carbonyl (C=O) groups excluding carboxylic acids is 1. The monoisotopic (exact) mass is 548 g/mol. The Labute approximate surface area is 230 Å². The number of nitrogens with zero attached hydrogens (tertiary/aromatic N) is 1. The first-order valence-corrected chi connectivity index (χ1v) is 13.6. The van der Waals surface area contributed by atoms with Gasteiger partial charge in [-0.3, -0.25) is 4.79 Å². The molecule has 3 aromatic rings. The normalized spacial score (nSPS) is 14.5. The van der Waals surface area contributed by atoms with Crippen LogP contribution in [-0.4, -0.2) is 44.3 Å². The Morgan fingerprint density at radius 2 is 1.67 bits per heavy atom. The zero-order valence-corrected chi connectivity index (χ0v) is 23.1. The second-order valence-electron chi connectivity index (χ2n) is 8.79. The first-order valence-electron chi connectivity index (χ1n) is 12.0. The number of hydrogen-bond acceptors (Lipinski definition) is 6. The number of allylic oxidation sites excluding steroid dienone is 2. The van der Waals surface area contributed by atoms with Crippen molar-refractivity contribution in [2.75, 3.05) is 27.6 Å². The minimum atomic E-state index is -1.07. The number of rotatable bonds is 9. The fourth-order valence-corrected chi connectivity index (χ4v) is 4.95. The number of methoxy groups -OCH3 is 3. The van der Waals surface area contributed by atoms with Gasteiger partial charge in [0, 0.05) is 12.1 Å². The molecular weight excluding hydrogens is 519 g/mol. The maximum Gasteiger partial charge on any atom is 0.244 e. The van der Waals surface area contributed by atoms with E-state index in [0.717, 1.165) is 27.2 Å². The van der Waals surface area contributed by atoms with Crippen LogP contribution in [0.1, 0.15) is 35.6 Å². The Morgan fingerprint density at radius 1 is 1.00 bits per heavy atom. The summed E-state index contributed by atoms with van der Waals surface area (Å²) < 4.78 is 42.0. The van der Waals surface area contributed by atoms with Gasteiger partial charge in [-0.05, 0) is 94.0 Å². The smallest absolute Gasteiger partial charge is 0.244 e. The van der Waals surface area contributed by atoms with Crippen LogP contribution in [0.3, 0.4) is 0 Å². The third-order valence-electron chi connectivity index (χ3n) is 6.45. The lowest BCUT2D eigenvalue weighted by Gasteiger charge is -2.12. The highest BCUT2D eigenvalue weighted by molar-refractivity contribution is 7.90. The van der Waals surface area contributed by atoms with E-state index in [1.165, 1.54) is 39.7 Å². The molecule has 1 amide bonds. The molecule has 9 heteroatoms. The summed E-state index contributed by atoms with van der Waals surface area (Å²) in [6.45, 7) is 1.91. The summed E-state index contributed by atoms with van der Waals surface area (Å²) in [6.07, 6.45) is 5.06. The van der Waals surface area contributed by atoms with Crippen molar-refractivity contribution in [2.45, 2.75) is 18.2 Å². The summed E-state index contributed by atoms with van der Waals surface area (Å²) in [5.74, 6) is 0.747. The van der Waals surface area contributed by atoms with Crippen molar-refractivity contribution < 1.29 is 27.9 Å². The van der Waals surface area contributed by atoms with Crippen molar-refractivity contribution in [1.82, 2.24) is 5.43 Å². The van der Waals surface area contributed by atoms with Crippen molar-refractivity contribution in [3.8, 4) is 17.2 Å². The van der Waals surface area contributed by atoms with Crippen molar-refractivity contribution in [3.63, 3.8) is 0 Å². The topological polar surface area (TPSA) is 92.2 Å². The minimum absolute atomic E-state index is 0.00159. The van der Waals surface area contributed by atoms with Crippen molar-refractivity contribution in [2.24, 2.45) is 5.10 Å². The third-order valence-corrected chi connectivity index (χ3v) is 7.39. The van der Waals surface area contributed by atoms with E-state index in [2.05, 4.69) is 10.5 Å². The molecule has 1 atom stereocenters. The molecule has 7 nitrogen and oxygen atoms in total. The van der Waals surface area contributed by atoms with Crippen LogP contribution >= 0.6 is 0 Å². The molecule has 1 aliphatic rings. The average Bonchev–Trinajstić information content (AvgIpc) is 3.18. The van der Waals surface area contributed by atoms with Crippen LogP contribution in [0.4, 0.5) is 4.39 Å². The molecule has 39 heavy (non-hydrogen) atoms. The average molecular weight is 549 g/mol. The van der Waals surface area contributed by atoms with Crippen molar-refractivity contribution >= 4 is 40.5 Å². The van der Waals surface area contributed by atoms with E-state index in [0.29, 0.717) is 33.9 Å². The molecule has 0 spiro atoms. The van der Waals surface area contributed by atoms with Gasteiger partial charge in [0.1, 0.15) is 29.3 Å². The lowest BCUT2D eigenvalue weighted by atomic mass is 10.0. The number of benzene rings is 3. The van der Waals surface area contributed by atoms with Crippen molar-refractivity contribution in [3.05, 3.63) is 88.2 Å². The fraction of sp³-hybridized carbons (Fsp3) is 0.200. The van der Waals surface area contributed by atoms with E-state index >= 15 is 0 Å². The number of carbonyl (C=O) groups is 1. The quantitative estimate of drug-likeness (QED) is 0.218. The Kier molecular flexibility index (Phi) is 8.73. The van der Waals surface area contributed by atoms with Gasteiger partial charge in [0.15, 0.2) is 4.90 Å². The molecule has 0 saturated carbocycles. The SMILES string of the molecule is COc1cc(OC)c(/C=N\NC(=O)CC2=C(C)/C(=C/c3ccc([S+](C)[O-])cc3)c3ccc(F)cc32)c(OC)c1. The molecule has 0 fully saturated rings. The number of ether oxygens (including phenoxy) is 3. The van der Waals surface area contributed by atoms with Gasteiger partial charge >= 0.3 is 0 Å². The van der Waals surface area contributed by atoms with Gasteiger partial charge in [0.25, 0.3) is 0 Å². The summed E-state index contributed by atoms with van der Waals surface area (Å²) in [4.78, 5) is 13.7. The molecule has 0 saturated heterocycles. The number of fused-ring (bicyclic) bond motifs is 1. The van der Waals surface area contributed by atoms with Crippen LogP contribution < -0.4 is 19.6 Å². The van der Waals surface area contributed by atoms with Gasteiger partial charge in [-0.15, -0.1) is 0 Å². The predicted molar refractivity (Wildman–Crippen MR) is 152 cm³/mol. The third kappa shape index (κ3) is 6.16. The van der Waals surface area contributed by atoms with Gasteiger partial charge in [0.2, 0.25) is 5.91 Å². The van der Waals surface area contributed by atoms with E-state index in [1.54, 1.807) is 24.5 Å². The Bertz CT molecular complexity index is 1450. The highest BCUT2D eigenvalue weighted by Gasteiger charge is 2.26. The van der Waals surface area contributed by atoms with E-state index in [9.17, 15) is 13.7 Å². The molecule has 0 bridgehead atoms. The summed E-state index contributed by atoms with van der Waals surface area (Å²) in [7, 11) is 4.57. The Balaban J connectivity index is 1.59. The first-order chi connectivity index (χ1) is 18.7. The molecule has 0 aliphatic heterocycles. The standard InChI is InChI=1S/C30H29FN2O5S/c1-18-24(12-19-6-9-22(10-7-19)39(5)35)23-11-8-20(31)13-26(23)25(18)16-30(34)33-32-17-27-28(37-3)14-21(36-2)15-29(27)38-4/h6-15,17H,16H2,1-5H3,(H,33,34)/b24-12-,32-17-. The van der Waals surface area contributed by atoms with E-state index in [4.69, 9.17) is 14.2 Å². The van der Waals surface area contributed by atoms with Crippen molar-refractivity contribution in [1.29, 1.82) is 0 Å². The Hall–Kier alpha value is -4.08. The van der Waals surface area contributed by atoms with Crippen LogP contribution in [0.5, 0.6) is 17.2 Å².